The van der Waals surface area contributed by atoms with E-state index in [0.29, 0.717) is 5.92 Å². The number of rotatable bonds is 7. The van der Waals surface area contributed by atoms with Crippen LogP contribution < -0.4 is 5.73 Å². The molecule has 0 amide bonds. The highest BCUT2D eigenvalue weighted by Crippen LogP contribution is 2.35. The zero-order chi connectivity index (χ0) is 13.4. The summed E-state index contributed by atoms with van der Waals surface area (Å²) in [4.78, 5) is 0. The Labute approximate surface area is 112 Å². The van der Waals surface area contributed by atoms with Gasteiger partial charge >= 0.3 is 0 Å². The number of hydrogen-bond donors (Lipinski definition) is 1. The Morgan fingerprint density at radius 2 is 1.78 bits per heavy atom. The molecule has 1 aliphatic carbocycles. The molecule has 0 aromatic carbocycles. The van der Waals surface area contributed by atoms with Gasteiger partial charge in [0.25, 0.3) is 0 Å². The summed E-state index contributed by atoms with van der Waals surface area (Å²) in [6.07, 6.45) is 8.43. The molecule has 108 valence electrons. The van der Waals surface area contributed by atoms with Gasteiger partial charge in [-0.15, -0.1) is 0 Å². The molecule has 0 aromatic rings. The van der Waals surface area contributed by atoms with Gasteiger partial charge in [0.05, 0.1) is 5.60 Å². The standard InChI is InChI=1S/C15H31NO2/c1-4-18-15(10-7-5-6-8-11-15)14(16)13(2)9-12-17-3/h13-14H,4-12,16H2,1-3H3. The third-order valence-electron chi connectivity index (χ3n) is 4.38. The molecule has 0 aliphatic heterocycles. The molecular formula is C15H31NO2. The molecule has 0 radical (unpaired) electrons. The maximum Gasteiger partial charge on any atom is 0.0835 e. The molecule has 0 heterocycles. The molecule has 1 aliphatic rings. The van der Waals surface area contributed by atoms with Crippen molar-refractivity contribution in [1.82, 2.24) is 0 Å². The maximum atomic E-state index is 6.54. The van der Waals surface area contributed by atoms with E-state index in [1.54, 1.807) is 7.11 Å². The first-order valence-corrected chi connectivity index (χ1v) is 7.54. The average Bonchev–Trinajstić information content (AvgIpc) is 2.62. The summed E-state index contributed by atoms with van der Waals surface area (Å²) >= 11 is 0. The van der Waals surface area contributed by atoms with Crippen LogP contribution in [0.5, 0.6) is 0 Å². The minimum atomic E-state index is -0.0849. The number of nitrogens with two attached hydrogens (primary N) is 1. The van der Waals surface area contributed by atoms with Crippen LogP contribution in [0.3, 0.4) is 0 Å². The van der Waals surface area contributed by atoms with Crippen LogP contribution in [0.25, 0.3) is 0 Å². The smallest absolute Gasteiger partial charge is 0.0835 e. The van der Waals surface area contributed by atoms with Crippen molar-refractivity contribution in [2.45, 2.75) is 70.4 Å². The van der Waals surface area contributed by atoms with Gasteiger partial charge in [-0.05, 0) is 32.1 Å². The number of ether oxygens (including phenoxy) is 2. The summed E-state index contributed by atoms with van der Waals surface area (Å²) in [5.74, 6) is 0.453. The summed E-state index contributed by atoms with van der Waals surface area (Å²) in [6.45, 7) is 5.87. The first-order chi connectivity index (χ1) is 8.66. The van der Waals surface area contributed by atoms with Crippen LogP contribution in [0.15, 0.2) is 0 Å². The zero-order valence-electron chi connectivity index (χ0n) is 12.4. The largest absolute Gasteiger partial charge is 0.385 e. The van der Waals surface area contributed by atoms with Crippen molar-refractivity contribution in [2.75, 3.05) is 20.3 Å². The molecule has 18 heavy (non-hydrogen) atoms. The first-order valence-electron chi connectivity index (χ1n) is 7.54. The second-order valence-corrected chi connectivity index (χ2v) is 5.70. The van der Waals surface area contributed by atoms with E-state index in [1.807, 2.05) is 0 Å². The fraction of sp³-hybridized carbons (Fsp3) is 1.00. The van der Waals surface area contributed by atoms with Gasteiger partial charge in [0.2, 0.25) is 0 Å². The van der Waals surface area contributed by atoms with Gasteiger partial charge in [-0.2, -0.15) is 0 Å². The summed E-state index contributed by atoms with van der Waals surface area (Å²) in [7, 11) is 1.75. The van der Waals surface area contributed by atoms with Crippen LogP contribution in [0.1, 0.15) is 58.8 Å². The molecule has 2 unspecified atom stereocenters. The molecular weight excluding hydrogens is 226 g/mol. The van der Waals surface area contributed by atoms with Crippen molar-refractivity contribution in [3.8, 4) is 0 Å². The molecule has 0 saturated heterocycles. The predicted octanol–water partition coefficient (Wildman–Crippen LogP) is 3.12. The monoisotopic (exact) mass is 257 g/mol. The molecule has 1 rings (SSSR count). The third-order valence-corrected chi connectivity index (χ3v) is 4.38. The van der Waals surface area contributed by atoms with E-state index < -0.39 is 0 Å². The Morgan fingerprint density at radius 3 is 2.28 bits per heavy atom. The van der Waals surface area contributed by atoms with Gasteiger partial charge in [0.1, 0.15) is 0 Å². The Hall–Kier alpha value is -0.120. The van der Waals surface area contributed by atoms with E-state index in [4.69, 9.17) is 15.2 Å². The summed E-state index contributed by atoms with van der Waals surface area (Å²) in [5, 5.41) is 0. The first kappa shape index (κ1) is 15.9. The molecule has 2 N–H and O–H groups in total. The van der Waals surface area contributed by atoms with Crippen LogP contribution in [-0.2, 0) is 9.47 Å². The third kappa shape index (κ3) is 4.22. The second-order valence-electron chi connectivity index (χ2n) is 5.70. The predicted molar refractivity (Wildman–Crippen MR) is 75.7 cm³/mol. The second kappa shape index (κ2) is 8.13. The lowest BCUT2D eigenvalue weighted by Gasteiger charge is -2.41. The van der Waals surface area contributed by atoms with Gasteiger partial charge in [0.15, 0.2) is 0 Å². The minimum absolute atomic E-state index is 0.0849. The van der Waals surface area contributed by atoms with Gasteiger partial charge in [-0.3, -0.25) is 0 Å². The van der Waals surface area contributed by atoms with E-state index in [1.165, 1.54) is 25.7 Å². The Balaban J connectivity index is 2.68. The lowest BCUT2D eigenvalue weighted by molar-refractivity contribution is -0.0808. The topological polar surface area (TPSA) is 44.5 Å². The molecule has 0 bridgehead atoms. The summed E-state index contributed by atoms with van der Waals surface area (Å²) in [5.41, 5.74) is 6.46. The van der Waals surface area contributed by atoms with Gasteiger partial charge in [-0.25, -0.2) is 0 Å². The van der Waals surface area contributed by atoms with Crippen LogP contribution in [0, 0.1) is 5.92 Å². The average molecular weight is 257 g/mol. The van der Waals surface area contributed by atoms with E-state index in [-0.39, 0.29) is 11.6 Å². The molecule has 3 heteroatoms. The highest BCUT2D eigenvalue weighted by molar-refractivity contribution is 4.95. The summed E-state index contributed by atoms with van der Waals surface area (Å²) < 4.78 is 11.3. The molecule has 0 aromatic heterocycles. The highest BCUT2D eigenvalue weighted by Gasteiger charge is 2.40. The maximum absolute atomic E-state index is 6.54. The minimum Gasteiger partial charge on any atom is -0.385 e. The Bertz CT molecular complexity index is 213. The summed E-state index contributed by atoms with van der Waals surface area (Å²) in [6, 6.07) is 0.130. The van der Waals surface area contributed by atoms with Crippen LogP contribution in [0.2, 0.25) is 0 Å². The Kier molecular flexibility index (Phi) is 7.20. The fourth-order valence-corrected chi connectivity index (χ4v) is 3.19. The fourth-order valence-electron chi connectivity index (χ4n) is 3.19. The van der Waals surface area contributed by atoms with Gasteiger partial charge in [0, 0.05) is 26.4 Å². The molecule has 2 atom stereocenters. The normalized spacial score (nSPS) is 23.3. The number of methoxy groups -OCH3 is 1. The van der Waals surface area contributed by atoms with E-state index in [9.17, 15) is 0 Å². The van der Waals surface area contributed by atoms with Crippen LogP contribution in [0.4, 0.5) is 0 Å². The van der Waals surface area contributed by atoms with Crippen LogP contribution >= 0.6 is 0 Å². The van der Waals surface area contributed by atoms with E-state index >= 15 is 0 Å². The molecule has 1 saturated carbocycles. The van der Waals surface area contributed by atoms with E-state index in [2.05, 4.69) is 13.8 Å². The van der Waals surface area contributed by atoms with Crippen molar-refractivity contribution >= 4 is 0 Å². The van der Waals surface area contributed by atoms with Crippen molar-refractivity contribution < 1.29 is 9.47 Å². The SMILES string of the molecule is CCOC1(C(N)C(C)CCOC)CCCCCC1. The lowest BCUT2D eigenvalue weighted by atomic mass is 9.79. The van der Waals surface area contributed by atoms with Crippen molar-refractivity contribution in [2.24, 2.45) is 11.7 Å². The van der Waals surface area contributed by atoms with Crippen molar-refractivity contribution in [1.29, 1.82) is 0 Å². The Morgan fingerprint density at radius 1 is 1.17 bits per heavy atom. The van der Waals surface area contributed by atoms with Crippen molar-refractivity contribution in [3.05, 3.63) is 0 Å². The number of hydrogen-bond acceptors (Lipinski definition) is 3. The quantitative estimate of drug-likeness (QED) is 0.713. The lowest BCUT2D eigenvalue weighted by Crippen LogP contribution is -2.53. The van der Waals surface area contributed by atoms with Crippen molar-refractivity contribution in [3.63, 3.8) is 0 Å². The molecule has 0 spiro atoms. The van der Waals surface area contributed by atoms with Gasteiger partial charge in [-0.1, -0.05) is 32.6 Å². The highest BCUT2D eigenvalue weighted by atomic mass is 16.5. The van der Waals surface area contributed by atoms with E-state index in [0.717, 1.165) is 32.5 Å². The van der Waals surface area contributed by atoms with Gasteiger partial charge < -0.3 is 15.2 Å². The molecule has 1 fully saturated rings. The van der Waals surface area contributed by atoms with Crippen LogP contribution in [-0.4, -0.2) is 32.0 Å². The molecule has 3 nitrogen and oxygen atoms in total. The zero-order valence-corrected chi connectivity index (χ0v) is 12.4.